The topological polar surface area (TPSA) is 59.2 Å². The predicted molar refractivity (Wildman–Crippen MR) is 74.8 cm³/mol. The van der Waals surface area contributed by atoms with E-state index in [9.17, 15) is 5.11 Å². The number of nitrogens with zero attached hydrogens (tertiary/aromatic N) is 2. The number of aliphatic hydroxyl groups is 1. The largest absolute Gasteiger partial charge is 0.392 e. The van der Waals surface area contributed by atoms with Crippen LogP contribution in [0.4, 0.5) is 0 Å². The van der Waals surface area contributed by atoms with Crippen molar-refractivity contribution in [2.45, 2.75) is 38.2 Å². The summed E-state index contributed by atoms with van der Waals surface area (Å²) in [5.74, 6) is 1.11. The Morgan fingerprint density at radius 1 is 1.37 bits per heavy atom. The number of aromatic nitrogens is 2. The number of hydrogen-bond acceptors (Lipinski definition) is 4. The molecule has 0 amide bonds. The predicted octanol–water partition coefficient (Wildman–Crippen LogP) is 3.44. The molecule has 2 atom stereocenters. The number of aryl methyl sites for hydroxylation is 1. The van der Waals surface area contributed by atoms with Gasteiger partial charge >= 0.3 is 0 Å². The second-order valence-electron chi connectivity index (χ2n) is 5.04. The molecule has 1 fully saturated rings. The fourth-order valence-corrected chi connectivity index (χ4v) is 3.20. The van der Waals surface area contributed by atoms with Gasteiger partial charge in [-0.15, -0.1) is 0 Å². The van der Waals surface area contributed by atoms with Gasteiger partial charge in [-0.1, -0.05) is 27.2 Å². The van der Waals surface area contributed by atoms with Crippen molar-refractivity contribution >= 4 is 15.9 Å². The van der Waals surface area contributed by atoms with Crippen LogP contribution >= 0.6 is 15.9 Å². The van der Waals surface area contributed by atoms with Crippen molar-refractivity contribution in [3.8, 4) is 11.4 Å². The van der Waals surface area contributed by atoms with Crippen LogP contribution in [0.2, 0.25) is 0 Å². The summed E-state index contributed by atoms with van der Waals surface area (Å²) in [6.07, 6.45) is 2.39. The Hall–Kier alpha value is -1.20. The maximum atomic E-state index is 9.88. The minimum atomic E-state index is -0.352. The number of rotatable bonds is 2. The second-order valence-corrected chi connectivity index (χ2v) is 5.90. The summed E-state index contributed by atoms with van der Waals surface area (Å²) in [5.41, 5.74) is 2.08. The van der Waals surface area contributed by atoms with Gasteiger partial charge in [0.2, 0.25) is 11.7 Å². The van der Waals surface area contributed by atoms with E-state index in [2.05, 4.69) is 26.1 Å². The molecule has 0 bridgehead atoms. The molecule has 0 saturated heterocycles. The van der Waals surface area contributed by atoms with Crippen molar-refractivity contribution in [2.75, 3.05) is 0 Å². The van der Waals surface area contributed by atoms with Gasteiger partial charge in [0.05, 0.1) is 12.0 Å². The molecule has 19 heavy (non-hydrogen) atoms. The van der Waals surface area contributed by atoms with Gasteiger partial charge in [-0.25, -0.2) is 0 Å². The van der Waals surface area contributed by atoms with E-state index < -0.39 is 0 Å². The molecule has 0 spiro atoms. The van der Waals surface area contributed by atoms with Crippen LogP contribution in [-0.4, -0.2) is 21.4 Å². The van der Waals surface area contributed by atoms with Gasteiger partial charge in [0.25, 0.3) is 0 Å². The molecular weight excluding hydrogens is 308 g/mol. The Morgan fingerprint density at radius 3 is 2.89 bits per heavy atom. The SMILES string of the molecule is Cc1ccc(-c2noc(C3CCCC3O)n2)c(Br)c1. The zero-order valence-electron chi connectivity index (χ0n) is 10.6. The van der Waals surface area contributed by atoms with Crippen LogP contribution in [0.25, 0.3) is 11.4 Å². The minimum Gasteiger partial charge on any atom is -0.392 e. The molecule has 1 N–H and O–H groups in total. The molecule has 5 heteroatoms. The first-order valence-corrected chi connectivity index (χ1v) is 7.22. The number of benzene rings is 1. The van der Waals surface area contributed by atoms with Crippen molar-refractivity contribution in [1.29, 1.82) is 0 Å². The summed E-state index contributed by atoms with van der Waals surface area (Å²) in [6, 6.07) is 6.01. The Balaban J connectivity index is 1.92. The normalized spacial score (nSPS) is 22.9. The molecule has 1 aromatic heterocycles. The van der Waals surface area contributed by atoms with Crippen LogP contribution in [0.5, 0.6) is 0 Å². The lowest BCUT2D eigenvalue weighted by Gasteiger charge is -2.07. The lowest BCUT2D eigenvalue weighted by molar-refractivity contribution is 0.148. The Bertz CT molecular complexity index is 597. The maximum Gasteiger partial charge on any atom is 0.232 e. The molecule has 4 nitrogen and oxygen atoms in total. The third-order valence-electron chi connectivity index (χ3n) is 3.60. The molecule has 0 radical (unpaired) electrons. The van der Waals surface area contributed by atoms with Crippen LogP contribution in [0.3, 0.4) is 0 Å². The summed E-state index contributed by atoms with van der Waals surface area (Å²) in [7, 11) is 0. The Morgan fingerprint density at radius 2 is 2.21 bits per heavy atom. The molecular formula is C14H15BrN2O2. The van der Waals surface area contributed by atoms with Gasteiger partial charge in [0, 0.05) is 10.0 Å². The molecule has 3 rings (SSSR count). The van der Waals surface area contributed by atoms with Gasteiger partial charge < -0.3 is 9.63 Å². The van der Waals surface area contributed by atoms with Crippen molar-refractivity contribution in [2.24, 2.45) is 0 Å². The molecule has 2 aromatic rings. The average molecular weight is 323 g/mol. The fourth-order valence-electron chi connectivity index (χ4n) is 2.53. The van der Waals surface area contributed by atoms with Gasteiger partial charge in [0.15, 0.2) is 0 Å². The molecule has 1 aliphatic rings. The second kappa shape index (κ2) is 5.06. The van der Waals surface area contributed by atoms with E-state index in [4.69, 9.17) is 4.52 Å². The van der Waals surface area contributed by atoms with Crippen LogP contribution in [0.15, 0.2) is 27.2 Å². The zero-order chi connectivity index (χ0) is 13.4. The van der Waals surface area contributed by atoms with E-state index in [1.54, 1.807) is 0 Å². The third kappa shape index (κ3) is 2.44. The molecule has 2 unspecified atom stereocenters. The van der Waals surface area contributed by atoms with Crippen LogP contribution in [0.1, 0.15) is 36.6 Å². The van der Waals surface area contributed by atoms with Crippen molar-refractivity contribution in [3.63, 3.8) is 0 Å². The van der Waals surface area contributed by atoms with E-state index in [1.165, 1.54) is 5.56 Å². The Kier molecular flexibility index (Phi) is 3.41. The average Bonchev–Trinajstić information content (AvgIpc) is 2.97. The first kappa shape index (κ1) is 12.8. The van der Waals surface area contributed by atoms with E-state index in [1.807, 2.05) is 25.1 Å². The molecule has 1 saturated carbocycles. The van der Waals surface area contributed by atoms with E-state index in [0.29, 0.717) is 11.7 Å². The molecule has 100 valence electrons. The highest BCUT2D eigenvalue weighted by Gasteiger charge is 2.31. The molecule has 1 heterocycles. The third-order valence-corrected chi connectivity index (χ3v) is 4.26. The summed E-state index contributed by atoms with van der Waals surface area (Å²) in [5, 5.41) is 13.9. The van der Waals surface area contributed by atoms with Crippen LogP contribution in [0, 0.1) is 6.92 Å². The zero-order valence-corrected chi connectivity index (χ0v) is 12.2. The highest BCUT2D eigenvalue weighted by molar-refractivity contribution is 9.10. The maximum absolute atomic E-state index is 9.88. The van der Waals surface area contributed by atoms with Crippen molar-refractivity contribution < 1.29 is 9.63 Å². The van der Waals surface area contributed by atoms with Gasteiger partial charge in [0.1, 0.15) is 0 Å². The monoisotopic (exact) mass is 322 g/mol. The van der Waals surface area contributed by atoms with Gasteiger partial charge in [-0.05, 0) is 43.9 Å². The molecule has 1 aliphatic carbocycles. The van der Waals surface area contributed by atoms with E-state index in [0.717, 1.165) is 29.3 Å². The highest BCUT2D eigenvalue weighted by Crippen LogP contribution is 2.35. The summed E-state index contributed by atoms with van der Waals surface area (Å²) in [6.45, 7) is 2.03. The van der Waals surface area contributed by atoms with Crippen LogP contribution in [-0.2, 0) is 0 Å². The number of aliphatic hydroxyl groups excluding tert-OH is 1. The molecule has 0 aliphatic heterocycles. The lowest BCUT2D eigenvalue weighted by atomic mass is 10.1. The van der Waals surface area contributed by atoms with E-state index >= 15 is 0 Å². The number of halogens is 1. The van der Waals surface area contributed by atoms with Gasteiger partial charge in [-0.3, -0.25) is 0 Å². The summed E-state index contributed by atoms with van der Waals surface area (Å²) in [4.78, 5) is 4.44. The molecule has 1 aromatic carbocycles. The first-order chi connectivity index (χ1) is 9.15. The van der Waals surface area contributed by atoms with Crippen molar-refractivity contribution in [3.05, 3.63) is 34.1 Å². The Labute approximate surface area is 120 Å². The minimum absolute atomic E-state index is 0.00882. The fraction of sp³-hybridized carbons (Fsp3) is 0.429. The first-order valence-electron chi connectivity index (χ1n) is 6.43. The van der Waals surface area contributed by atoms with Crippen molar-refractivity contribution in [1.82, 2.24) is 10.1 Å². The standard InChI is InChI=1S/C14H15BrN2O2/c1-8-5-6-9(11(15)7-8)13-16-14(19-17-13)10-3-2-4-12(10)18/h5-7,10,12,18H,2-4H2,1H3. The summed E-state index contributed by atoms with van der Waals surface area (Å²) >= 11 is 3.52. The lowest BCUT2D eigenvalue weighted by Crippen LogP contribution is -2.11. The quantitative estimate of drug-likeness (QED) is 0.920. The number of hydrogen-bond donors (Lipinski definition) is 1. The van der Waals surface area contributed by atoms with Crippen LogP contribution < -0.4 is 0 Å². The smallest absolute Gasteiger partial charge is 0.232 e. The van der Waals surface area contributed by atoms with Gasteiger partial charge in [-0.2, -0.15) is 4.98 Å². The highest BCUT2D eigenvalue weighted by atomic mass is 79.9. The summed E-state index contributed by atoms with van der Waals surface area (Å²) < 4.78 is 6.27. The van der Waals surface area contributed by atoms with E-state index in [-0.39, 0.29) is 12.0 Å².